The number of esters is 1. The number of benzene rings is 2. The van der Waals surface area contributed by atoms with E-state index in [9.17, 15) is 20.1 Å². The van der Waals surface area contributed by atoms with Gasteiger partial charge in [-0.05, 0) is 52.2 Å². The first-order valence-electron chi connectivity index (χ1n) is 12.6. The molecule has 0 saturated carbocycles. The van der Waals surface area contributed by atoms with Crippen LogP contribution >= 0.6 is 34.3 Å². The molecule has 3 N–H and O–H groups in total. The van der Waals surface area contributed by atoms with Gasteiger partial charge in [0.05, 0.1) is 29.7 Å². The zero-order chi connectivity index (χ0) is 29.1. The smallest absolute Gasteiger partial charge is 0.338 e. The summed E-state index contributed by atoms with van der Waals surface area (Å²) in [6, 6.07) is 11.8. The monoisotopic (exact) mass is 617 g/mol. The van der Waals surface area contributed by atoms with Gasteiger partial charge in [-0.1, -0.05) is 23.7 Å². The van der Waals surface area contributed by atoms with Gasteiger partial charge < -0.3 is 34.3 Å². The topological polar surface area (TPSA) is 128 Å². The molecule has 2 aromatic carbocycles. The molecule has 41 heavy (non-hydrogen) atoms. The first kappa shape index (κ1) is 29.5. The lowest BCUT2D eigenvalue weighted by molar-refractivity contribution is -0.231. The fourth-order valence-electron chi connectivity index (χ4n) is 4.57. The Kier molecular flexibility index (Phi) is 9.25. The lowest BCUT2D eigenvalue weighted by Gasteiger charge is -2.40. The van der Waals surface area contributed by atoms with Crippen LogP contribution in [0.15, 0.2) is 59.4 Å². The van der Waals surface area contributed by atoms with Crippen LogP contribution in [0.2, 0.25) is 5.02 Å². The molecule has 1 aliphatic heterocycles. The molecule has 5 atom stereocenters. The average Bonchev–Trinajstić information content (AvgIpc) is 3.69. The molecule has 12 heteroatoms. The molecular weight excluding hydrogens is 590 g/mol. The summed E-state index contributed by atoms with van der Waals surface area (Å²) in [6.45, 7) is -0.362. The van der Waals surface area contributed by atoms with Crippen LogP contribution in [0.25, 0.3) is 10.4 Å². The Morgan fingerprint density at radius 1 is 1.02 bits per heavy atom. The van der Waals surface area contributed by atoms with Crippen molar-refractivity contribution in [2.24, 2.45) is 0 Å². The molecule has 1 saturated heterocycles. The van der Waals surface area contributed by atoms with Crippen molar-refractivity contribution in [1.29, 1.82) is 0 Å². The average molecular weight is 618 g/mol. The van der Waals surface area contributed by atoms with Crippen LogP contribution in [0, 0.1) is 0 Å². The van der Waals surface area contributed by atoms with E-state index in [1.165, 1.54) is 26.4 Å². The number of hydrogen-bond donors (Lipinski definition) is 3. The molecule has 1 fully saturated rings. The first-order valence-corrected chi connectivity index (χ1v) is 14.8. The molecule has 4 aromatic rings. The number of methoxy groups -OCH3 is 2. The fourth-order valence-corrected chi connectivity index (χ4v) is 6.42. The van der Waals surface area contributed by atoms with E-state index in [2.05, 4.69) is 10.4 Å². The number of aromatic nitrogens is 1. The number of carbonyl (C=O) groups excluding carboxylic acids is 1. The van der Waals surface area contributed by atoms with Gasteiger partial charge in [0.1, 0.15) is 37.1 Å². The van der Waals surface area contributed by atoms with E-state index in [0.717, 1.165) is 21.0 Å². The van der Waals surface area contributed by atoms with Crippen LogP contribution < -0.4 is 9.47 Å². The number of thiophene rings is 1. The van der Waals surface area contributed by atoms with Crippen LogP contribution in [-0.2, 0) is 15.9 Å². The summed E-state index contributed by atoms with van der Waals surface area (Å²) in [6.07, 6.45) is -4.27. The van der Waals surface area contributed by atoms with E-state index in [0.29, 0.717) is 28.5 Å². The Morgan fingerprint density at radius 3 is 2.56 bits per heavy atom. The van der Waals surface area contributed by atoms with E-state index in [-0.39, 0.29) is 12.2 Å². The highest BCUT2D eigenvalue weighted by atomic mass is 35.5. The SMILES string of the molecule is COc1ccc(C(=O)OCC2OC(c3ccc(Cl)c(Cc4ncc(-c5ccsc5)s4)c3)C(O)C(O)C2O)cc1OC. The fraction of sp³-hybridized carbons (Fsp3) is 0.310. The Labute approximate surface area is 249 Å². The molecule has 9 nitrogen and oxygen atoms in total. The number of thiazole rings is 1. The van der Waals surface area contributed by atoms with E-state index >= 15 is 0 Å². The number of ether oxygens (including phenoxy) is 4. The van der Waals surface area contributed by atoms with Gasteiger partial charge in [0.15, 0.2) is 11.5 Å². The summed E-state index contributed by atoms with van der Waals surface area (Å²) >= 11 is 9.69. The molecule has 0 spiro atoms. The minimum Gasteiger partial charge on any atom is -0.493 e. The molecule has 2 aromatic heterocycles. The number of aliphatic hydroxyl groups excluding tert-OH is 3. The second kappa shape index (κ2) is 12.9. The van der Waals surface area contributed by atoms with Crippen LogP contribution in [0.4, 0.5) is 0 Å². The second-order valence-electron chi connectivity index (χ2n) is 9.39. The van der Waals surface area contributed by atoms with Gasteiger partial charge in [-0.2, -0.15) is 11.3 Å². The highest BCUT2D eigenvalue weighted by Crippen LogP contribution is 2.36. The molecule has 0 bridgehead atoms. The van der Waals surface area contributed by atoms with Crippen molar-refractivity contribution in [2.75, 3.05) is 20.8 Å². The number of halogens is 1. The van der Waals surface area contributed by atoms with E-state index < -0.39 is 36.5 Å². The molecule has 1 aliphatic rings. The van der Waals surface area contributed by atoms with Gasteiger partial charge in [0, 0.05) is 23.2 Å². The maximum Gasteiger partial charge on any atom is 0.338 e. The number of nitrogens with zero attached hydrogens (tertiary/aromatic N) is 1. The van der Waals surface area contributed by atoms with Gasteiger partial charge in [0.2, 0.25) is 0 Å². The molecule has 216 valence electrons. The maximum absolute atomic E-state index is 12.7. The van der Waals surface area contributed by atoms with Gasteiger partial charge in [-0.25, -0.2) is 9.78 Å². The second-order valence-corrected chi connectivity index (χ2v) is 11.7. The van der Waals surface area contributed by atoms with Crippen LogP contribution in [0.1, 0.15) is 32.6 Å². The number of hydrogen-bond acceptors (Lipinski definition) is 11. The molecule has 5 unspecified atom stereocenters. The molecule has 3 heterocycles. The zero-order valence-electron chi connectivity index (χ0n) is 22.1. The summed E-state index contributed by atoms with van der Waals surface area (Å²) in [5.41, 5.74) is 2.64. The number of aliphatic hydroxyl groups is 3. The summed E-state index contributed by atoms with van der Waals surface area (Å²) in [5, 5.41) is 37.5. The third-order valence-corrected chi connectivity index (χ3v) is 8.91. The van der Waals surface area contributed by atoms with Crippen LogP contribution in [-0.4, -0.2) is 71.5 Å². The molecule has 0 amide bonds. The molecular formula is C29H28ClNO8S2. The number of rotatable bonds is 9. The Hall–Kier alpha value is -3.03. The zero-order valence-corrected chi connectivity index (χ0v) is 24.5. The van der Waals surface area contributed by atoms with Gasteiger partial charge in [-0.15, -0.1) is 11.3 Å². The van der Waals surface area contributed by atoms with E-state index in [1.807, 2.05) is 17.6 Å². The molecule has 0 radical (unpaired) electrons. The highest BCUT2D eigenvalue weighted by molar-refractivity contribution is 7.15. The van der Waals surface area contributed by atoms with Crippen molar-refractivity contribution in [2.45, 2.75) is 36.9 Å². The van der Waals surface area contributed by atoms with Crippen molar-refractivity contribution in [3.63, 3.8) is 0 Å². The minimum absolute atomic E-state index is 0.205. The molecule has 5 rings (SSSR count). The van der Waals surface area contributed by atoms with Gasteiger partial charge >= 0.3 is 5.97 Å². The highest BCUT2D eigenvalue weighted by Gasteiger charge is 2.44. The Balaban J connectivity index is 1.30. The lowest BCUT2D eigenvalue weighted by atomic mass is 9.90. The van der Waals surface area contributed by atoms with E-state index in [4.69, 9.17) is 30.5 Å². The van der Waals surface area contributed by atoms with Gasteiger partial charge in [-0.3, -0.25) is 0 Å². The minimum atomic E-state index is -1.54. The lowest BCUT2D eigenvalue weighted by Crippen LogP contribution is -2.55. The van der Waals surface area contributed by atoms with Crippen LogP contribution in [0.3, 0.4) is 0 Å². The first-order chi connectivity index (χ1) is 19.8. The van der Waals surface area contributed by atoms with Crippen molar-refractivity contribution in [1.82, 2.24) is 4.98 Å². The quantitative estimate of drug-likeness (QED) is 0.232. The summed E-state index contributed by atoms with van der Waals surface area (Å²) in [5.74, 6) is 0.126. The van der Waals surface area contributed by atoms with E-state index in [1.54, 1.807) is 46.9 Å². The predicted octanol–water partition coefficient (Wildman–Crippen LogP) is 4.51. The number of carbonyl (C=O) groups is 1. The third kappa shape index (κ3) is 6.41. The van der Waals surface area contributed by atoms with Crippen molar-refractivity contribution in [3.05, 3.63) is 86.1 Å². The maximum atomic E-state index is 12.7. The van der Waals surface area contributed by atoms with Crippen molar-refractivity contribution < 1.29 is 39.1 Å². The Bertz CT molecular complexity index is 1490. The predicted molar refractivity (Wildman–Crippen MR) is 155 cm³/mol. The molecule has 0 aliphatic carbocycles. The summed E-state index contributed by atoms with van der Waals surface area (Å²) in [7, 11) is 2.94. The van der Waals surface area contributed by atoms with Crippen molar-refractivity contribution in [3.8, 4) is 21.9 Å². The largest absolute Gasteiger partial charge is 0.493 e. The van der Waals surface area contributed by atoms with Crippen molar-refractivity contribution >= 4 is 40.2 Å². The standard InChI is InChI=1S/C29H28ClNO8S2/c1-36-20-6-4-16(10-21(20)37-2)29(35)38-13-22-25(32)26(33)27(34)28(39-22)15-3-5-19(30)18(9-15)11-24-31-12-23(41-24)17-7-8-40-14-17/h3-10,12,14,22,25-28,32-34H,11,13H2,1-2H3. The summed E-state index contributed by atoms with van der Waals surface area (Å²) in [4.78, 5) is 18.3. The van der Waals surface area contributed by atoms with Gasteiger partial charge in [0.25, 0.3) is 0 Å². The normalized spacial score (nSPS) is 22.3. The van der Waals surface area contributed by atoms with Crippen LogP contribution in [0.5, 0.6) is 11.5 Å². The third-order valence-electron chi connectivity index (χ3n) is 6.81. The Morgan fingerprint density at radius 2 is 1.83 bits per heavy atom. The summed E-state index contributed by atoms with van der Waals surface area (Å²) < 4.78 is 21.8.